The monoisotopic (exact) mass is 296 g/mol. The first kappa shape index (κ1) is 14.6. The number of rotatable bonds is 3. The summed E-state index contributed by atoms with van der Waals surface area (Å²) in [5.41, 5.74) is 1.66. The van der Waals surface area contributed by atoms with Crippen LogP contribution in [0.15, 0.2) is 42.5 Å². The lowest BCUT2D eigenvalue weighted by molar-refractivity contribution is 0.0322. The maximum Gasteiger partial charge on any atom is 0.147 e. The van der Waals surface area contributed by atoms with E-state index in [1.807, 2.05) is 30.3 Å². The minimum atomic E-state index is -0.991. The highest BCUT2D eigenvalue weighted by molar-refractivity contribution is 5.49. The van der Waals surface area contributed by atoms with Crippen molar-refractivity contribution in [3.05, 3.63) is 65.0 Å². The summed E-state index contributed by atoms with van der Waals surface area (Å²) in [5.74, 6) is -0.480. The van der Waals surface area contributed by atoms with Crippen molar-refractivity contribution in [2.24, 2.45) is 0 Å². The lowest BCUT2D eigenvalue weighted by atomic mass is 9.79. The summed E-state index contributed by atoms with van der Waals surface area (Å²) in [6.07, 6.45) is 2.52. The number of hydrogen-bond donors (Lipinski definition) is 2. The van der Waals surface area contributed by atoms with Gasteiger partial charge in [-0.2, -0.15) is 5.26 Å². The molecule has 22 heavy (non-hydrogen) atoms. The van der Waals surface area contributed by atoms with E-state index in [1.54, 1.807) is 6.07 Å². The fraction of sp³-hybridized carbons (Fsp3) is 0.278. The van der Waals surface area contributed by atoms with Crippen LogP contribution in [-0.2, 0) is 12.0 Å². The lowest BCUT2D eigenvalue weighted by Gasteiger charge is -2.35. The Morgan fingerprint density at radius 3 is 2.86 bits per heavy atom. The quantitative estimate of drug-likeness (QED) is 0.913. The molecular weight excluding hydrogens is 279 g/mol. The second-order valence-corrected chi connectivity index (χ2v) is 5.70. The van der Waals surface area contributed by atoms with Gasteiger partial charge in [0.1, 0.15) is 11.4 Å². The Morgan fingerprint density at radius 1 is 1.27 bits per heavy atom. The maximum atomic E-state index is 13.9. The van der Waals surface area contributed by atoms with Gasteiger partial charge < -0.3 is 10.4 Å². The molecule has 0 bridgehead atoms. The van der Waals surface area contributed by atoms with E-state index in [-0.39, 0.29) is 12.1 Å². The molecule has 2 aromatic rings. The Hall–Kier alpha value is -2.38. The molecule has 0 radical (unpaired) electrons. The number of aliphatic hydroxyl groups is 1. The van der Waals surface area contributed by atoms with Crippen molar-refractivity contribution in [3.8, 4) is 6.07 Å². The van der Waals surface area contributed by atoms with E-state index in [2.05, 4.69) is 5.32 Å². The smallest absolute Gasteiger partial charge is 0.147 e. The Balaban J connectivity index is 1.81. The van der Waals surface area contributed by atoms with Crippen molar-refractivity contribution in [3.63, 3.8) is 0 Å². The second kappa shape index (κ2) is 5.78. The summed E-state index contributed by atoms with van der Waals surface area (Å²) < 4.78 is 13.9. The van der Waals surface area contributed by atoms with Crippen molar-refractivity contribution >= 4 is 5.69 Å². The predicted molar refractivity (Wildman–Crippen MR) is 82.9 cm³/mol. The molecular formula is C18H17FN2O. The molecule has 0 saturated heterocycles. The number of nitrogens with one attached hydrogen (secondary N) is 1. The van der Waals surface area contributed by atoms with Gasteiger partial charge in [0, 0.05) is 6.54 Å². The van der Waals surface area contributed by atoms with Crippen molar-refractivity contribution in [1.29, 1.82) is 5.26 Å². The third-order valence-corrected chi connectivity index (χ3v) is 4.22. The van der Waals surface area contributed by atoms with Crippen LogP contribution in [0.1, 0.15) is 29.5 Å². The molecule has 0 amide bonds. The van der Waals surface area contributed by atoms with E-state index in [9.17, 15) is 9.50 Å². The van der Waals surface area contributed by atoms with E-state index >= 15 is 0 Å². The van der Waals surface area contributed by atoms with Gasteiger partial charge >= 0.3 is 0 Å². The SMILES string of the molecule is N#Cc1ccc(NCC2(O)CCCc3ccccc32)c(F)c1. The standard InChI is InChI=1S/C18H17FN2O/c19-16-10-13(11-20)7-8-17(16)21-12-18(22)9-3-5-14-4-1-2-6-15(14)18/h1-2,4,6-8,10,21-22H,3,5,9,12H2. The highest BCUT2D eigenvalue weighted by atomic mass is 19.1. The first-order valence-corrected chi connectivity index (χ1v) is 7.37. The summed E-state index contributed by atoms with van der Waals surface area (Å²) >= 11 is 0. The predicted octanol–water partition coefficient (Wildman–Crippen LogP) is 3.33. The van der Waals surface area contributed by atoms with E-state index in [0.717, 1.165) is 24.0 Å². The van der Waals surface area contributed by atoms with Gasteiger partial charge in [-0.15, -0.1) is 0 Å². The van der Waals surface area contributed by atoms with Crippen LogP contribution >= 0.6 is 0 Å². The second-order valence-electron chi connectivity index (χ2n) is 5.70. The van der Waals surface area contributed by atoms with Crippen LogP contribution in [0.3, 0.4) is 0 Å². The van der Waals surface area contributed by atoms with Crippen LogP contribution < -0.4 is 5.32 Å². The zero-order valence-electron chi connectivity index (χ0n) is 12.1. The van der Waals surface area contributed by atoms with Gasteiger partial charge in [0.2, 0.25) is 0 Å². The van der Waals surface area contributed by atoms with E-state index < -0.39 is 11.4 Å². The molecule has 112 valence electrons. The van der Waals surface area contributed by atoms with Crippen LogP contribution in [0.2, 0.25) is 0 Å². The van der Waals surface area contributed by atoms with Crippen molar-refractivity contribution in [2.45, 2.75) is 24.9 Å². The number of nitriles is 1. The number of anilines is 1. The molecule has 0 aromatic heterocycles. The number of fused-ring (bicyclic) bond motifs is 1. The van der Waals surface area contributed by atoms with Gasteiger partial charge in [0.25, 0.3) is 0 Å². The Morgan fingerprint density at radius 2 is 2.09 bits per heavy atom. The number of halogens is 1. The molecule has 0 spiro atoms. The summed E-state index contributed by atoms with van der Waals surface area (Å²) in [6.45, 7) is 0.243. The molecule has 2 N–H and O–H groups in total. The first-order valence-electron chi connectivity index (χ1n) is 7.37. The molecule has 1 atom stereocenters. The molecule has 0 fully saturated rings. The number of nitrogens with zero attached hydrogens (tertiary/aromatic N) is 1. The molecule has 1 unspecified atom stereocenters. The van der Waals surface area contributed by atoms with Crippen molar-refractivity contribution in [1.82, 2.24) is 0 Å². The average Bonchev–Trinajstić information content (AvgIpc) is 2.54. The number of aryl methyl sites for hydroxylation is 1. The summed E-state index contributed by atoms with van der Waals surface area (Å²) in [4.78, 5) is 0. The van der Waals surface area contributed by atoms with Gasteiger partial charge in [-0.05, 0) is 48.6 Å². The van der Waals surface area contributed by atoms with Crippen molar-refractivity contribution < 1.29 is 9.50 Å². The lowest BCUT2D eigenvalue weighted by Crippen LogP contribution is -2.37. The van der Waals surface area contributed by atoms with Crippen LogP contribution in [0.4, 0.5) is 10.1 Å². The van der Waals surface area contributed by atoms with Gasteiger partial charge in [-0.25, -0.2) is 4.39 Å². The van der Waals surface area contributed by atoms with E-state index in [1.165, 1.54) is 12.1 Å². The van der Waals surface area contributed by atoms with Crippen LogP contribution in [0.25, 0.3) is 0 Å². The summed E-state index contributed by atoms with van der Waals surface area (Å²) in [7, 11) is 0. The molecule has 3 rings (SSSR count). The Kier molecular flexibility index (Phi) is 3.82. The summed E-state index contributed by atoms with van der Waals surface area (Å²) in [5, 5.41) is 22.7. The summed E-state index contributed by atoms with van der Waals surface area (Å²) in [6, 6.07) is 14.0. The van der Waals surface area contributed by atoms with Gasteiger partial charge in [0.15, 0.2) is 0 Å². The normalized spacial score (nSPS) is 20.0. The minimum absolute atomic E-state index is 0.243. The molecule has 0 saturated carbocycles. The molecule has 1 aliphatic rings. The van der Waals surface area contributed by atoms with Gasteiger partial charge in [-0.3, -0.25) is 0 Å². The number of hydrogen-bond acceptors (Lipinski definition) is 3. The Bertz CT molecular complexity index is 738. The van der Waals surface area contributed by atoms with E-state index in [4.69, 9.17) is 5.26 Å². The Labute approximate surface area is 129 Å². The minimum Gasteiger partial charge on any atom is -0.383 e. The molecule has 1 aliphatic carbocycles. The van der Waals surface area contributed by atoms with Crippen molar-refractivity contribution in [2.75, 3.05) is 11.9 Å². The first-order chi connectivity index (χ1) is 10.6. The highest BCUT2D eigenvalue weighted by Crippen LogP contribution is 2.35. The molecule has 0 heterocycles. The zero-order valence-corrected chi connectivity index (χ0v) is 12.1. The molecule has 0 aliphatic heterocycles. The molecule has 2 aromatic carbocycles. The van der Waals surface area contributed by atoms with Gasteiger partial charge in [0.05, 0.1) is 17.3 Å². The topological polar surface area (TPSA) is 56.0 Å². The zero-order chi connectivity index (χ0) is 15.6. The molecule has 4 heteroatoms. The van der Waals surface area contributed by atoms with Crippen LogP contribution in [-0.4, -0.2) is 11.7 Å². The fourth-order valence-corrected chi connectivity index (χ4v) is 3.05. The largest absolute Gasteiger partial charge is 0.383 e. The number of benzene rings is 2. The van der Waals surface area contributed by atoms with Crippen LogP contribution in [0.5, 0.6) is 0 Å². The fourth-order valence-electron chi connectivity index (χ4n) is 3.05. The molecule has 3 nitrogen and oxygen atoms in total. The van der Waals surface area contributed by atoms with E-state index in [0.29, 0.717) is 12.1 Å². The third kappa shape index (κ3) is 2.68. The third-order valence-electron chi connectivity index (χ3n) is 4.22. The van der Waals surface area contributed by atoms with Gasteiger partial charge in [-0.1, -0.05) is 24.3 Å². The highest BCUT2D eigenvalue weighted by Gasteiger charge is 2.34. The maximum absolute atomic E-state index is 13.9. The van der Waals surface area contributed by atoms with Crippen LogP contribution in [0, 0.1) is 17.1 Å². The average molecular weight is 296 g/mol.